The van der Waals surface area contributed by atoms with Gasteiger partial charge in [0.15, 0.2) is 0 Å². The Morgan fingerprint density at radius 2 is 1.91 bits per heavy atom. The number of rotatable bonds is 3. The molecule has 0 unspecified atom stereocenters. The van der Waals surface area contributed by atoms with Crippen LogP contribution in [0.2, 0.25) is 5.02 Å². The van der Waals surface area contributed by atoms with Crippen LogP contribution in [0.1, 0.15) is 13.8 Å². The average Bonchev–Trinajstić information content (AvgIpc) is 2.49. The minimum Gasteiger partial charge on any atom is -0.340 e. The maximum absolute atomic E-state index is 13.0. The predicted octanol–water partition coefficient (Wildman–Crippen LogP) is 1.97. The van der Waals surface area contributed by atoms with Gasteiger partial charge in [0.1, 0.15) is 5.82 Å². The van der Waals surface area contributed by atoms with Gasteiger partial charge in [-0.05, 0) is 25.1 Å². The van der Waals surface area contributed by atoms with Crippen molar-refractivity contribution in [2.45, 2.75) is 19.9 Å². The van der Waals surface area contributed by atoms with E-state index in [-0.39, 0.29) is 22.9 Å². The standard InChI is InChI=1S/C15H19ClFN3O2/c1-10(19-5-7-20(8-6-19)11(2)21)15(22)18-14-4-3-12(17)9-13(14)16/h3-4,9-10H,5-8H2,1-2H3,(H,18,22)/t10-/m1/s1. The highest BCUT2D eigenvalue weighted by atomic mass is 35.5. The lowest BCUT2D eigenvalue weighted by atomic mass is 10.2. The van der Waals surface area contributed by atoms with Crippen LogP contribution in [0, 0.1) is 5.82 Å². The first-order valence-corrected chi connectivity index (χ1v) is 7.51. The summed E-state index contributed by atoms with van der Waals surface area (Å²) in [6, 6.07) is 3.50. The number of amides is 2. The van der Waals surface area contributed by atoms with Crippen molar-refractivity contribution in [1.29, 1.82) is 0 Å². The Bertz CT molecular complexity index is 574. The second-order valence-electron chi connectivity index (χ2n) is 5.33. The first-order chi connectivity index (χ1) is 10.4. The number of nitrogens with zero attached hydrogens (tertiary/aromatic N) is 2. The molecule has 1 aliphatic heterocycles. The van der Waals surface area contributed by atoms with Crippen LogP contribution in [-0.2, 0) is 9.59 Å². The third-order valence-corrected chi connectivity index (χ3v) is 4.19. The summed E-state index contributed by atoms with van der Waals surface area (Å²) >= 11 is 5.91. The van der Waals surface area contributed by atoms with Crippen molar-refractivity contribution in [2.24, 2.45) is 0 Å². The van der Waals surface area contributed by atoms with Crippen LogP contribution in [0.15, 0.2) is 18.2 Å². The molecular formula is C15H19ClFN3O2. The molecular weight excluding hydrogens is 309 g/mol. The first-order valence-electron chi connectivity index (χ1n) is 7.14. The average molecular weight is 328 g/mol. The van der Waals surface area contributed by atoms with E-state index in [0.717, 1.165) is 6.07 Å². The molecule has 0 saturated carbocycles. The van der Waals surface area contributed by atoms with Crippen molar-refractivity contribution >= 4 is 29.1 Å². The molecule has 1 fully saturated rings. The summed E-state index contributed by atoms with van der Waals surface area (Å²) in [4.78, 5) is 27.3. The lowest BCUT2D eigenvalue weighted by Crippen LogP contribution is -2.53. The quantitative estimate of drug-likeness (QED) is 0.923. The molecule has 1 atom stereocenters. The molecule has 1 N–H and O–H groups in total. The zero-order valence-corrected chi connectivity index (χ0v) is 13.4. The van der Waals surface area contributed by atoms with E-state index in [9.17, 15) is 14.0 Å². The third-order valence-electron chi connectivity index (χ3n) is 3.88. The van der Waals surface area contributed by atoms with E-state index >= 15 is 0 Å². The molecule has 0 radical (unpaired) electrons. The van der Waals surface area contributed by atoms with Crippen LogP contribution in [0.4, 0.5) is 10.1 Å². The largest absolute Gasteiger partial charge is 0.340 e. The molecule has 1 aromatic rings. The highest BCUT2D eigenvalue weighted by Gasteiger charge is 2.26. The number of piperazine rings is 1. The van der Waals surface area contributed by atoms with Crippen LogP contribution in [0.5, 0.6) is 0 Å². The SMILES string of the molecule is CC(=O)N1CCN([C@H](C)C(=O)Nc2ccc(F)cc2Cl)CC1. The van der Waals surface area contributed by atoms with E-state index in [2.05, 4.69) is 5.32 Å². The Kier molecular flexibility index (Phi) is 5.37. The van der Waals surface area contributed by atoms with E-state index in [1.54, 1.807) is 18.7 Å². The highest BCUT2D eigenvalue weighted by molar-refractivity contribution is 6.33. The van der Waals surface area contributed by atoms with E-state index in [1.165, 1.54) is 12.1 Å². The molecule has 7 heteroatoms. The first kappa shape index (κ1) is 16.7. The van der Waals surface area contributed by atoms with E-state index in [0.29, 0.717) is 31.9 Å². The van der Waals surface area contributed by atoms with Gasteiger partial charge in [-0.15, -0.1) is 0 Å². The Hall–Kier alpha value is -1.66. The normalized spacial score (nSPS) is 17.2. The number of benzene rings is 1. The van der Waals surface area contributed by atoms with Crippen molar-refractivity contribution in [3.8, 4) is 0 Å². The second-order valence-corrected chi connectivity index (χ2v) is 5.74. The lowest BCUT2D eigenvalue weighted by molar-refractivity contribution is -0.131. The van der Waals surface area contributed by atoms with E-state index in [1.807, 2.05) is 4.90 Å². The minimum absolute atomic E-state index is 0.0508. The van der Waals surface area contributed by atoms with Crippen molar-refractivity contribution in [1.82, 2.24) is 9.80 Å². The number of carbonyl (C=O) groups is 2. The topological polar surface area (TPSA) is 52.7 Å². The third kappa shape index (κ3) is 3.96. The van der Waals surface area contributed by atoms with Crippen molar-refractivity contribution < 1.29 is 14.0 Å². The van der Waals surface area contributed by atoms with Crippen LogP contribution in [-0.4, -0.2) is 53.8 Å². The van der Waals surface area contributed by atoms with Crippen LogP contribution in [0.25, 0.3) is 0 Å². The molecule has 5 nitrogen and oxygen atoms in total. The number of anilines is 1. The monoisotopic (exact) mass is 327 g/mol. The molecule has 22 heavy (non-hydrogen) atoms. The maximum Gasteiger partial charge on any atom is 0.241 e. The summed E-state index contributed by atoms with van der Waals surface area (Å²) in [6.45, 7) is 5.86. The van der Waals surface area contributed by atoms with Crippen molar-refractivity contribution in [3.05, 3.63) is 29.0 Å². The number of carbonyl (C=O) groups excluding carboxylic acids is 2. The number of hydrogen-bond acceptors (Lipinski definition) is 3. The van der Waals surface area contributed by atoms with Gasteiger partial charge in [-0.3, -0.25) is 14.5 Å². The van der Waals surface area contributed by atoms with E-state index < -0.39 is 5.82 Å². The number of hydrogen-bond donors (Lipinski definition) is 1. The molecule has 2 rings (SSSR count). The van der Waals surface area contributed by atoms with Crippen LogP contribution < -0.4 is 5.32 Å². The van der Waals surface area contributed by atoms with Crippen molar-refractivity contribution in [3.63, 3.8) is 0 Å². The Morgan fingerprint density at radius 1 is 1.27 bits per heavy atom. The fourth-order valence-electron chi connectivity index (χ4n) is 2.42. The molecule has 1 aromatic carbocycles. The molecule has 1 aliphatic rings. The van der Waals surface area contributed by atoms with Gasteiger partial charge in [0.05, 0.1) is 16.8 Å². The van der Waals surface area contributed by atoms with Gasteiger partial charge in [0.25, 0.3) is 0 Å². The summed E-state index contributed by atoms with van der Waals surface area (Å²) in [5, 5.41) is 2.88. The molecule has 1 heterocycles. The smallest absolute Gasteiger partial charge is 0.241 e. The predicted molar refractivity (Wildman–Crippen MR) is 83.3 cm³/mol. The Labute approximate surface area is 134 Å². The van der Waals surface area contributed by atoms with Gasteiger partial charge in [-0.25, -0.2) is 4.39 Å². The van der Waals surface area contributed by atoms with E-state index in [4.69, 9.17) is 11.6 Å². The molecule has 0 aliphatic carbocycles. The molecule has 120 valence electrons. The minimum atomic E-state index is -0.448. The summed E-state index contributed by atoms with van der Waals surface area (Å²) < 4.78 is 13.0. The summed E-state index contributed by atoms with van der Waals surface area (Å²) in [6.07, 6.45) is 0. The summed E-state index contributed by atoms with van der Waals surface area (Å²) in [5.74, 6) is -0.601. The van der Waals surface area contributed by atoms with Gasteiger partial charge in [-0.2, -0.15) is 0 Å². The summed E-state index contributed by atoms with van der Waals surface area (Å²) in [7, 11) is 0. The highest BCUT2D eigenvalue weighted by Crippen LogP contribution is 2.23. The summed E-state index contributed by atoms with van der Waals surface area (Å²) in [5.41, 5.74) is 0.391. The second kappa shape index (κ2) is 7.07. The van der Waals surface area contributed by atoms with Gasteiger partial charge < -0.3 is 10.2 Å². The van der Waals surface area contributed by atoms with Gasteiger partial charge in [0, 0.05) is 33.1 Å². The fraction of sp³-hybridized carbons (Fsp3) is 0.467. The zero-order chi connectivity index (χ0) is 16.3. The fourth-order valence-corrected chi connectivity index (χ4v) is 2.63. The van der Waals surface area contributed by atoms with Gasteiger partial charge in [-0.1, -0.05) is 11.6 Å². The number of halogens is 2. The van der Waals surface area contributed by atoms with Crippen LogP contribution in [0.3, 0.4) is 0 Å². The van der Waals surface area contributed by atoms with Gasteiger partial charge in [0.2, 0.25) is 11.8 Å². The van der Waals surface area contributed by atoms with Crippen LogP contribution >= 0.6 is 11.6 Å². The molecule has 1 saturated heterocycles. The maximum atomic E-state index is 13.0. The molecule has 0 spiro atoms. The lowest BCUT2D eigenvalue weighted by Gasteiger charge is -2.37. The molecule has 2 amide bonds. The molecule has 0 bridgehead atoms. The Morgan fingerprint density at radius 3 is 2.45 bits per heavy atom. The Balaban J connectivity index is 1.94. The number of nitrogens with one attached hydrogen (secondary N) is 1. The van der Waals surface area contributed by atoms with Crippen molar-refractivity contribution in [2.75, 3.05) is 31.5 Å². The van der Waals surface area contributed by atoms with Gasteiger partial charge >= 0.3 is 0 Å². The zero-order valence-electron chi connectivity index (χ0n) is 12.6. The molecule has 0 aromatic heterocycles.